The third-order valence-corrected chi connectivity index (χ3v) is 2.66. The molecule has 0 saturated carbocycles. The highest BCUT2D eigenvalue weighted by Gasteiger charge is 2.34. The maximum atomic E-state index is 13.1. The summed E-state index contributed by atoms with van der Waals surface area (Å²) in [5.41, 5.74) is -0.710. The molecule has 0 radical (unpaired) electrons. The Morgan fingerprint density at radius 1 is 1.29 bits per heavy atom. The van der Waals surface area contributed by atoms with Crippen LogP contribution in [0.1, 0.15) is 11.3 Å². The van der Waals surface area contributed by atoms with Crippen LogP contribution in [0.15, 0.2) is 24.4 Å². The lowest BCUT2D eigenvalue weighted by Crippen LogP contribution is -2.09. The Bertz CT molecular complexity index is 612. The SMILES string of the molecule is OCCn1cc(CNc2ccc(F)c(C(F)(F)F)c2)nn1. The molecule has 21 heavy (non-hydrogen) atoms. The van der Waals surface area contributed by atoms with E-state index in [-0.39, 0.29) is 25.4 Å². The van der Waals surface area contributed by atoms with Crippen molar-refractivity contribution in [2.45, 2.75) is 19.3 Å². The number of nitrogens with zero attached hydrogens (tertiary/aromatic N) is 3. The molecule has 5 nitrogen and oxygen atoms in total. The number of aliphatic hydroxyl groups excluding tert-OH is 1. The highest BCUT2D eigenvalue weighted by Crippen LogP contribution is 2.33. The first-order chi connectivity index (χ1) is 9.90. The van der Waals surface area contributed by atoms with Gasteiger partial charge in [-0.2, -0.15) is 13.2 Å². The first kappa shape index (κ1) is 15.2. The van der Waals surface area contributed by atoms with Crippen molar-refractivity contribution >= 4 is 5.69 Å². The zero-order valence-electron chi connectivity index (χ0n) is 10.7. The van der Waals surface area contributed by atoms with Crippen molar-refractivity contribution in [2.75, 3.05) is 11.9 Å². The highest BCUT2D eigenvalue weighted by atomic mass is 19.4. The minimum absolute atomic E-state index is 0.0941. The van der Waals surface area contributed by atoms with Gasteiger partial charge < -0.3 is 10.4 Å². The molecule has 2 N–H and O–H groups in total. The number of hydrogen-bond donors (Lipinski definition) is 2. The molecule has 2 aromatic rings. The van der Waals surface area contributed by atoms with Crippen molar-refractivity contribution in [3.63, 3.8) is 0 Å². The number of benzene rings is 1. The average Bonchev–Trinajstić information content (AvgIpc) is 2.85. The van der Waals surface area contributed by atoms with Crippen LogP contribution in [0, 0.1) is 5.82 Å². The van der Waals surface area contributed by atoms with Crippen molar-refractivity contribution in [3.8, 4) is 0 Å². The summed E-state index contributed by atoms with van der Waals surface area (Å²) >= 11 is 0. The van der Waals surface area contributed by atoms with Crippen LogP contribution in [0.4, 0.5) is 23.2 Å². The summed E-state index contributed by atoms with van der Waals surface area (Å²) in [5.74, 6) is -1.32. The molecule has 0 spiro atoms. The predicted molar refractivity (Wildman–Crippen MR) is 65.8 cm³/mol. The Morgan fingerprint density at radius 3 is 2.71 bits per heavy atom. The van der Waals surface area contributed by atoms with Gasteiger partial charge in [0.2, 0.25) is 0 Å². The van der Waals surface area contributed by atoms with E-state index in [0.717, 1.165) is 6.07 Å². The second kappa shape index (κ2) is 6.08. The maximum Gasteiger partial charge on any atom is 0.419 e. The van der Waals surface area contributed by atoms with Crippen LogP contribution < -0.4 is 5.32 Å². The molecule has 0 atom stereocenters. The molecule has 0 amide bonds. The summed E-state index contributed by atoms with van der Waals surface area (Å²) in [5, 5.41) is 18.9. The van der Waals surface area contributed by atoms with E-state index in [0.29, 0.717) is 11.8 Å². The molecule has 1 aromatic carbocycles. The number of aromatic nitrogens is 3. The average molecular weight is 304 g/mol. The zero-order valence-corrected chi connectivity index (χ0v) is 10.7. The first-order valence-electron chi connectivity index (χ1n) is 6.00. The predicted octanol–water partition coefficient (Wildman–Crippen LogP) is 2.04. The van der Waals surface area contributed by atoms with Gasteiger partial charge in [-0.3, -0.25) is 0 Å². The minimum atomic E-state index is -4.74. The van der Waals surface area contributed by atoms with Crippen molar-refractivity contribution in [1.29, 1.82) is 0 Å². The van der Waals surface area contributed by atoms with Gasteiger partial charge in [0.25, 0.3) is 0 Å². The van der Waals surface area contributed by atoms with Gasteiger partial charge in [0.05, 0.1) is 31.5 Å². The van der Waals surface area contributed by atoms with Crippen molar-refractivity contribution in [1.82, 2.24) is 15.0 Å². The monoisotopic (exact) mass is 304 g/mol. The standard InChI is InChI=1S/C12H12F4N4O/c13-11-2-1-8(5-10(11)12(14,15)16)17-6-9-7-20(3-4-21)19-18-9/h1-2,5,7,17,21H,3-4,6H2. The lowest BCUT2D eigenvalue weighted by atomic mass is 10.2. The number of halogens is 4. The molecule has 0 bridgehead atoms. The minimum Gasteiger partial charge on any atom is -0.394 e. The molecule has 114 valence electrons. The smallest absolute Gasteiger partial charge is 0.394 e. The van der Waals surface area contributed by atoms with E-state index in [2.05, 4.69) is 15.6 Å². The Morgan fingerprint density at radius 2 is 2.05 bits per heavy atom. The number of aliphatic hydroxyl groups is 1. The third-order valence-electron chi connectivity index (χ3n) is 2.66. The van der Waals surface area contributed by atoms with Gasteiger partial charge in [-0.25, -0.2) is 9.07 Å². The zero-order chi connectivity index (χ0) is 15.5. The van der Waals surface area contributed by atoms with Crippen LogP contribution in [-0.4, -0.2) is 26.7 Å². The summed E-state index contributed by atoms with van der Waals surface area (Å²) < 4.78 is 52.2. The molecule has 9 heteroatoms. The van der Waals surface area contributed by atoms with Gasteiger partial charge in [0.1, 0.15) is 11.5 Å². The Balaban J connectivity index is 2.06. The van der Waals surface area contributed by atoms with Crippen LogP contribution >= 0.6 is 0 Å². The summed E-state index contributed by atoms with van der Waals surface area (Å²) in [6.07, 6.45) is -3.19. The van der Waals surface area contributed by atoms with Crippen LogP contribution in [0.3, 0.4) is 0 Å². The van der Waals surface area contributed by atoms with Crippen LogP contribution in [0.25, 0.3) is 0 Å². The van der Waals surface area contributed by atoms with Crippen LogP contribution in [0.5, 0.6) is 0 Å². The third kappa shape index (κ3) is 3.91. The molecule has 1 heterocycles. The van der Waals surface area contributed by atoms with E-state index < -0.39 is 17.6 Å². The second-order valence-corrected chi connectivity index (χ2v) is 4.24. The highest BCUT2D eigenvalue weighted by molar-refractivity contribution is 5.47. The molecular formula is C12H12F4N4O. The van der Waals surface area contributed by atoms with E-state index in [1.807, 2.05) is 0 Å². The lowest BCUT2D eigenvalue weighted by molar-refractivity contribution is -0.139. The Labute approximate surface area is 117 Å². The first-order valence-corrected chi connectivity index (χ1v) is 6.00. The summed E-state index contributed by atoms with van der Waals surface area (Å²) in [4.78, 5) is 0. The summed E-state index contributed by atoms with van der Waals surface area (Å²) in [6.45, 7) is 0.319. The molecular weight excluding hydrogens is 292 g/mol. The fourth-order valence-electron chi connectivity index (χ4n) is 1.68. The number of hydrogen-bond acceptors (Lipinski definition) is 4. The van der Waals surface area contributed by atoms with E-state index in [1.54, 1.807) is 6.20 Å². The van der Waals surface area contributed by atoms with Gasteiger partial charge >= 0.3 is 6.18 Å². The quantitative estimate of drug-likeness (QED) is 0.830. The molecule has 0 aliphatic heterocycles. The van der Waals surface area contributed by atoms with Crippen LogP contribution in [-0.2, 0) is 19.3 Å². The largest absolute Gasteiger partial charge is 0.419 e. The van der Waals surface area contributed by atoms with Crippen molar-refractivity contribution in [2.24, 2.45) is 0 Å². The molecule has 0 fully saturated rings. The van der Waals surface area contributed by atoms with Crippen molar-refractivity contribution < 1.29 is 22.7 Å². The van der Waals surface area contributed by atoms with E-state index >= 15 is 0 Å². The fraction of sp³-hybridized carbons (Fsp3) is 0.333. The number of rotatable bonds is 5. The van der Waals surface area contributed by atoms with E-state index in [9.17, 15) is 17.6 Å². The van der Waals surface area contributed by atoms with Crippen molar-refractivity contribution in [3.05, 3.63) is 41.5 Å². The van der Waals surface area contributed by atoms with E-state index in [4.69, 9.17) is 5.11 Å². The van der Waals surface area contributed by atoms with Gasteiger partial charge in [0.15, 0.2) is 0 Å². The number of alkyl halides is 3. The second-order valence-electron chi connectivity index (χ2n) is 4.24. The normalized spacial score (nSPS) is 11.7. The van der Waals surface area contributed by atoms with Crippen LogP contribution in [0.2, 0.25) is 0 Å². The summed E-state index contributed by atoms with van der Waals surface area (Å²) in [7, 11) is 0. The molecule has 1 aromatic heterocycles. The van der Waals surface area contributed by atoms with Gasteiger partial charge in [0, 0.05) is 5.69 Å². The van der Waals surface area contributed by atoms with Gasteiger partial charge in [-0.05, 0) is 18.2 Å². The van der Waals surface area contributed by atoms with Gasteiger partial charge in [-0.1, -0.05) is 5.21 Å². The van der Waals surface area contributed by atoms with Gasteiger partial charge in [-0.15, -0.1) is 5.10 Å². The summed E-state index contributed by atoms with van der Waals surface area (Å²) in [6, 6.07) is 2.67. The lowest BCUT2D eigenvalue weighted by Gasteiger charge is -2.10. The molecule has 0 aliphatic rings. The number of nitrogens with one attached hydrogen (secondary N) is 1. The molecule has 0 aliphatic carbocycles. The Hall–Kier alpha value is -2.16. The fourth-order valence-corrected chi connectivity index (χ4v) is 1.68. The molecule has 2 rings (SSSR count). The Kier molecular flexibility index (Phi) is 4.41. The number of anilines is 1. The van der Waals surface area contributed by atoms with E-state index in [1.165, 1.54) is 10.7 Å². The topological polar surface area (TPSA) is 63.0 Å². The maximum absolute atomic E-state index is 13.1. The molecule has 0 saturated heterocycles. The molecule has 0 unspecified atom stereocenters.